The van der Waals surface area contributed by atoms with Crippen molar-refractivity contribution in [2.45, 2.75) is 39.7 Å². The van der Waals surface area contributed by atoms with E-state index in [0.717, 1.165) is 18.5 Å². The molecule has 16 heavy (non-hydrogen) atoms. The van der Waals surface area contributed by atoms with Gasteiger partial charge in [-0.05, 0) is 31.9 Å². The van der Waals surface area contributed by atoms with Crippen molar-refractivity contribution >= 4 is 11.7 Å². The maximum absolute atomic E-state index is 11.6. The lowest BCUT2D eigenvalue weighted by atomic mass is 10.1. The van der Waals surface area contributed by atoms with Crippen LogP contribution in [-0.4, -0.2) is 12.1 Å². The molecule has 0 aromatic heterocycles. The van der Waals surface area contributed by atoms with Crippen LogP contribution in [0.25, 0.3) is 0 Å². The van der Waals surface area contributed by atoms with E-state index in [4.69, 9.17) is 0 Å². The molecule has 1 rings (SSSR count). The highest BCUT2D eigenvalue weighted by molar-refractivity contribution is 5.90. The van der Waals surface area contributed by atoms with Gasteiger partial charge in [0.25, 0.3) is 0 Å². The SMILES string of the molecule is CCCc1ccccc1NC(=O)NC(C)C. The van der Waals surface area contributed by atoms with E-state index in [-0.39, 0.29) is 12.1 Å². The van der Waals surface area contributed by atoms with E-state index in [0.29, 0.717) is 0 Å². The average Bonchev–Trinajstić information content (AvgIpc) is 2.20. The van der Waals surface area contributed by atoms with Crippen LogP contribution in [0.15, 0.2) is 24.3 Å². The van der Waals surface area contributed by atoms with Crippen molar-refractivity contribution in [1.29, 1.82) is 0 Å². The zero-order chi connectivity index (χ0) is 12.0. The van der Waals surface area contributed by atoms with Crippen LogP contribution in [-0.2, 0) is 6.42 Å². The lowest BCUT2D eigenvalue weighted by Gasteiger charge is -2.13. The van der Waals surface area contributed by atoms with Gasteiger partial charge in [-0.2, -0.15) is 0 Å². The molecule has 0 aliphatic rings. The van der Waals surface area contributed by atoms with Gasteiger partial charge in [0.1, 0.15) is 0 Å². The molecule has 3 nitrogen and oxygen atoms in total. The Kier molecular flexibility index (Phi) is 4.83. The zero-order valence-corrected chi connectivity index (χ0v) is 10.2. The van der Waals surface area contributed by atoms with Crippen LogP contribution in [0.1, 0.15) is 32.8 Å². The van der Waals surface area contributed by atoms with Crippen LogP contribution >= 0.6 is 0 Å². The molecule has 0 saturated carbocycles. The van der Waals surface area contributed by atoms with Gasteiger partial charge in [0, 0.05) is 11.7 Å². The fourth-order valence-electron chi connectivity index (χ4n) is 1.55. The molecule has 0 unspecified atom stereocenters. The molecular weight excluding hydrogens is 200 g/mol. The van der Waals surface area contributed by atoms with Crippen molar-refractivity contribution in [1.82, 2.24) is 5.32 Å². The molecule has 0 heterocycles. The van der Waals surface area contributed by atoms with Crippen LogP contribution in [0.5, 0.6) is 0 Å². The minimum atomic E-state index is -0.140. The van der Waals surface area contributed by atoms with Gasteiger partial charge in [-0.25, -0.2) is 4.79 Å². The standard InChI is InChI=1S/C13H20N2O/c1-4-7-11-8-5-6-9-12(11)15-13(16)14-10(2)3/h5-6,8-10H,4,7H2,1-3H3,(H2,14,15,16). The van der Waals surface area contributed by atoms with Crippen LogP contribution in [0, 0.1) is 0 Å². The van der Waals surface area contributed by atoms with Gasteiger partial charge in [-0.1, -0.05) is 31.5 Å². The van der Waals surface area contributed by atoms with Crippen LogP contribution in [0.3, 0.4) is 0 Å². The Morgan fingerprint density at radius 2 is 2.00 bits per heavy atom. The fraction of sp³-hybridized carbons (Fsp3) is 0.462. The Balaban J connectivity index is 2.68. The number of rotatable bonds is 4. The Bertz CT molecular complexity index is 348. The number of nitrogens with one attached hydrogen (secondary N) is 2. The first-order chi connectivity index (χ1) is 7.63. The zero-order valence-electron chi connectivity index (χ0n) is 10.2. The van der Waals surface area contributed by atoms with Crippen molar-refractivity contribution < 1.29 is 4.79 Å². The number of para-hydroxylation sites is 1. The van der Waals surface area contributed by atoms with Crippen molar-refractivity contribution in [3.05, 3.63) is 29.8 Å². The van der Waals surface area contributed by atoms with Gasteiger partial charge in [0.05, 0.1) is 0 Å². The van der Waals surface area contributed by atoms with Gasteiger partial charge in [-0.3, -0.25) is 0 Å². The summed E-state index contributed by atoms with van der Waals surface area (Å²) in [6.45, 7) is 6.01. The molecule has 0 atom stereocenters. The normalized spacial score (nSPS) is 10.2. The largest absolute Gasteiger partial charge is 0.336 e. The molecule has 0 aliphatic heterocycles. The molecule has 1 aromatic carbocycles. The first-order valence-corrected chi connectivity index (χ1v) is 5.79. The lowest BCUT2D eigenvalue weighted by molar-refractivity contribution is 0.250. The maximum Gasteiger partial charge on any atom is 0.319 e. The summed E-state index contributed by atoms with van der Waals surface area (Å²) >= 11 is 0. The van der Waals surface area contributed by atoms with E-state index in [2.05, 4.69) is 23.6 Å². The number of benzene rings is 1. The number of hydrogen-bond acceptors (Lipinski definition) is 1. The molecule has 3 heteroatoms. The third-order valence-corrected chi connectivity index (χ3v) is 2.20. The average molecular weight is 220 g/mol. The van der Waals surface area contributed by atoms with Gasteiger partial charge in [0.15, 0.2) is 0 Å². The van der Waals surface area contributed by atoms with Crippen molar-refractivity contribution in [3.63, 3.8) is 0 Å². The lowest BCUT2D eigenvalue weighted by Crippen LogP contribution is -2.34. The molecule has 0 spiro atoms. The number of anilines is 1. The summed E-state index contributed by atoms with van der Waals surface area (Å²) in [7, 11) is 0. The van der Waals surface area contributed by atoms with Gasteiger partial charge < -0.3 is 10.6 Å². The highest BCUT2D eigenvalue weighted by Crippen LogP contribution is 2.16. The summed E-state index contributed by atoms with van der Waals surface area (Å²) in [4.78, 5) is 11.6. The number of amides is 2. The summed E-state index contributed by atoms with van der Waals surface area (Å²) in [6.07, 6.45) is 2.06. The first kappa shape index (κ1) is 12.6. The number of urea groups is 1. The number of aryl methyl sites for hydroxylation is 1. The smallest absolute Gasteiger partial charge is 0.319 e. The molecule has 1 aromatic rings. The first-order valence-electron chi connectivity index (χ1n) is 5.79. The molecule has 2 amide bonds. The summed E-state index contributed by atoms with van der Waals surface area (Å²) in [5, 5.41) is 5.69. The second kappa shape index (κ2) is 6.16. The van der Waals surface area contributed by atoms with Crippen LogP contribution in [0.4, 0.5) is 10.5 Å². The van der Waals surface area contributed by atoms with Crippen molar-refractivity contribution in [2.75, 3.05) is 5.32 Å². The number of hydrogen-bond donors (Lipinski definition) is 2. The summed E-state index contributed by atoms with van der Waals surface area (Å²) in [6, 6.07) is 7.93. The quantitative estimate of drug-likeness (QED) is 0.804. The highest BCUT2D eigenvalue weighted by Gasteiger charge is 2.06. The van der Waals surface area contributed by atoms with E-state index in [9.17, 15) is 4.79 Å². The van der Waals surface area contributed by atoms with E-state index < -0.39 is 0 Å². The Morgan fingerprint density at radius 3 is 2.62 bits per heavy atom. The molecule has 0 aliphatic carbocycles. The number of carbonyl (C=O) groups is 1. The molecule has 0 radical (unpaired) electrons. The van der Waals surface area contributed by atoms with Crippen molar-refractivity contribution in [3.8, 4) is 0 Å². The minimum absolute atomic E-state index is 0.140. The summed E-state index contributed by atoms with van der Waals surface area (Å²) in [5.74, 6) is 0. The van der Waals surface area contributed by atoms with Crippen LogP contribution in [0.2, 0.25) is 0 Å². The minimum Gasteiger partial charge on any atom is -0.336 e. The third kappa shape index (κ3) is 3.93. The molecule has 0 saturated heterocycles. The molecule has 88 valence electrons. The molecule has 0 bridgehead atoms. The maximum atomic E-state index is 11.6. The highest BCUT2D eigenvalue weighted by atomic mass is 16.2. The molecule has 2 N–H and O–H groups in total. The topological polar surface area (TPSA) is 41.1 Å². The predicted octanol–water partition coefficient (Wildman–Crippen LogP) is 3.17. The number of carbonyl (C=O) groups excluding carboxylic acids is 1. The Morgan fingerprint density at radius 1 is 1.31 bits per heavy atom. The Hall–Kier alpha value is -1.51. The fourth-order valence-corrected chi connectivity index (χ4v) is 1.55. The predicted molar refractivity (Wildman–Crippen MR) is 67.7 cm³/mol. The van der Waals surface area contributed by atoms with E-state index in [1.54, 1.807) is 0 Å². The summed E-state index contributed by atoms with van der Waals surface area (Å²) < 4.78 is 0. The molecule has 0 fully saturated rings. The van der Waals surface area contributed by atoms with Crippen LogP contribution < -0.4 is 10.6 Å². The second-order valence-electron chi connectivity index (χ2n) is 4.16. The Labute approximate surface area is 97.2 Å². The van der Waals surface area contributed by atoms with Gasteiger partial charge in [-0.15, -0.1) is 0 Å². The third-order valence-electron chi connectivity index (χ3n) is 2.20. The molecular formula is C13H20N2O. The second-order valence-corrected chi connectivity index (χ2v) is 4.16. The monoisotopic (exact) mass is 220 g/mol. The summed E-state index contributed by atoms with van der Waals surface area (Å²) in [5.41, 5.74) is 2.09. The van der Waals surface area contributed by atoms with Gasteiger partial charge in [0.2, 0.25) is 0 Å². The van der Waals surface area contributed by atoms with E-state index >= 15 is 0 Å². The van der Waals surface area contributed by atoms with Crippen molar-refractivity contribution in [2.24, 2.45) is 0 Å². The van der Waals surface area contributed by atoms with E-state index in [1.807, 2.05) is 32.0 Å². The van der Waals surface area contributed by atoms with Gasteiger partial charge >= 0.3 is 6.03 Å². The van der Waals surface area contributed by atoms with E-state index in [1.165, 1.54) is 5.56 Å².